The topological polar surface area (TPSA) is 99.3 Å². The number of fused-ring (bicyclic) bond motifs is 1. The lowest BCUT2D eigenvalue weighted by atomic mass is 9.82. The maximum absolute atomic E-state index is 12.5. The molecule has 3 N–H and O–H groups in total. The van der Waals surface area contributed by atoms with Crippen molar-refractivity contribution in [2.75, 3.05) is 6.54 Å². The van der Waals surface area contributed by atoms with Crippen LogP contribution in [-0.2, 0) is 4.79 Å². The second-order valence-corrected chi connectivity index (χ2v) is 5.57. The Hall–Kier alpha value is -2.63. The minimum Gasteiger partial charge on any atom is -0.481 e. The van der Waals surface area contributed by atoms with Gasteiger partial charge in [0.15, 0.2) is 0 Å². The predicted molar refractivity (Wildman–Crippen MR) is 87.6 cm³/mol. The minimum absolute atomic E-state index is 0.0231. The highest BCUT2D eigenvalue weighted by Crippen LogP contribution is 2.26. The monoisotopic (exact) mass is 316 g/mol. The lowest BCUT2D eigenvalue weighted by Crippen LogP contribution is -2.42. The highest BCUT2D eigenvalue weighted by molar-refractivity contribution is 6.06. The standard InChI is InChI=1S/C17H20N2O4/c1-3-17(4-2,16(22)23)10-18-15(21)12-9-14(20)19-13-8-6-5-7-11(12)13/h5-9H,3-4,10H2,1-2H3,(H,18,21)(H,19,20)(H,22,23). The summed E-state index contributed by atoms with van der Waals surface area (Å²) < 4.78 is 0. The van der Waals surface area contributed by atoms with E-state index in [4.69, 9.17) is 0 Å². The molecule has 122 valence electrons. The maximum Gasteiger partial charge on any atom is 0.311 e. The first kappa shape index (κ1) is 16.7. The van der Waals surface area contributed by atoms with Gasteiger partial charge in [-0.2, -0.15) is 0 Å². The SMILES string of the molecule is CCC(CC)(CNC(=O)c1cc(=O)[nH]c2ccccc12)C(=O)O. The van der Waals surface area contributed by atoms with Crippen molar-refractivity contribution in [3.05, 3.63) is 46.2 Å². The van der Waals surface area contributed by atoms with Crippen molar-refractivity contribution in [2.45, 2.75) is 26.7 Å². The number of aromatic amines is 1. The van der Waals surface area contributed by atoms with Gasteiger partial charge in [0, 0.05) is 23.5 Å². The van der Waals surface area contributed by atoms with E-state index in [-0.39, 0.29) is 17.7 Å². The second-order valence-electron chi connectivity index (χ2n) is 5.57. The number of hydrogen-bond acceptors (Lipinski definition) is 3. The Morgan fingerprint density at radius 1 is 1.22 bits per heavy atom. The summed E-state index contributed by atoms with van der Waals surface area (Å²) in [5.74, 6) is -1.38. The molecule has 1 amide bonds. The molecule has 0 aliphatic carbocycles. The molecule has 0 aliphatic heterocycles. The molecule has 2 aromatic rings. The molecule has 0 fully saturated rings. The summed E-state index contributed by atoms with van der Waals surface area (Å²) in [4.78, 5) is 38.3. The number of nitrogens with one attached hydrogen (secondary N) is 2. The molecule has 0 unspecified atom stereocenters. The first-order valence-electron chi connectivity index (χ1n) is 7.57. The number of carboxylic acid groups (broad SMARTS) is 1. The number of benzene rings is 1. The Kier molecular flexibility index (Phi) is 4.83. The van der Waals surface area contributed by atoms with Gasteiger partial charge in [-0.1, -0.05) is 32.0 Å². The third-order valence-electron chi connectivity index (χ3n) is 4.39. The van der Waals surface area contributed by atoms with Gasteiger partial charge in [0.2, 0.25) is 5.56 Å². The highest BCUT2D eigenvalue weighted by atomic mass is 16.4. The molecule has 1 aromatic carbocycles. The fourth-order valence-corrected chi connectivity index (χ4v) is 2.62. The fraction of sp³-hybridized carbons (Fsp3) is 0.353. The van der Waals surface area contributed by atoms with E-state index >= 15 is 0 Å². The van der Waals surface area contributed by atoms with Gasteiger partial charge in [-0.3, -0.25) is 14.4 Å². The number of carboxylic acids is 1. The van der Waals surface area contributed by atoms with E-state index in [2.05, 4.69) is 10.3 Å². The van der Waals surface area contributed by atoms with Crippen LogP contribution in [0.25, 0.3) is 10.9 Å². The summed E-state index contributed by atoms with van der Waals surface area (Å²) in [6.45, 7) is 3.59. The minimum atomic E-state index is -0.993. The number of carbonyl (C=O) groups is 2. The van der Waals surface area contributed by atoms with E-state index in [9.17, 15) is 19.5 Å². The Balaban J connectivity index is 2.32. The molecule has 2 rings (SSSR count). The van der Waals surface area contributed by atoms with Crippen molar-refractivity contribution < 1.29 is 14.7 Å². The Labute approximate surface area is 133 Å². The zero-order valence-electron chi connectivity index (χ0n) is 13.2. The zero-order chi connectivity index (χ0) is 17.0. The zero-order valence-corrected chi connectivity index (χ0v) is 13.2. The maximum atomic E-state index is 12.5. The number of aromatic nitrogens is 1. The van der Waals surface area contributed by atoms with Crippen molar-refractivity contribution in [1.29, 1.82) is 0 Å². The van der Waals surface area contributed by atoms with Crippen LogP contribution in [0.3, 0.4) is 0 Å². The van der Waals surface area contributed by atoms with Crippen LogP contribution < -0.4 is 10.9 Å². The molecule has 0 atom stereocenters. The van der Waals surface area contributed by atoms with E-state index < -0.39 is 17.3 Å². The molecular formula is C17H20N2O4. The number of pyridine rings is 1. The Morgan fingerprint density at radius 2 is 1.87 bits per heavy atom. The van der Waals surface area contributed by atoms with E-state index in [1.165, 1.54) is 6.07 Å². The smallest absolute Gasteiger partial charge is 0.311 e. The van der Waals surface area contributed by atoms with Gasteiger partial charge >= 0.3 is 5.97 Å². The number of amides is 1. The van der Waals surface area contributed by atoms with Crippen molar-refractivity contribution in [3.63, 3.8) is 0 Å². The fourth-order valence-electron chi connectivity index (χ4n) is 2.62. The van der Waals surface area contributed by atoms with Crippen LogP contribution in [0.2, 0.25) is 0 Å². The van der Waals surface area contributed by atoms with Gasteiger partial charge in [0.05, 0.1) is 11.0 Å². The van der Waals surface area contributed by atoms with Gasteiger partial charge in [-0.05, 0) is 18.9 Å². The van der Waals surface area contributed by atoms with Crippen LogP contribution >= 0.6 is 0 Å². The average molecular weight is 316 g/mol. The number of carbonyl (C=O) groups excluding carboxylic acids is 1. The predicted octanol–water partition coefficient (Wildman–Crippen LogP) is 2.15. The quantitative estimate of drug-likeness (QED) is 0.760. The number of H-pyrrole nitrogens is 1. The molecule has 0 aliphatic rings. The number of rotatable bonds is 6. The largest absolute Gasteiger partial charge is 0.481 e. The van der Waals surface area contributed by atoms with Gasteiger partial charge in [-0.15, -0.1) is 0 Å². The summed E-state index contributed by atoms with van der Waals surface area (Å²) in [6, 6.07) is 8.23. The average Bonchev–Trinajstić information content (AvgIpc) is 2.54. The molecule has 6 nitrogen and oxygen atoms in total. The van der Waals surface area contributed by atoms with E-state index in [1.54, 1.807) is 38.1 Å². The molecule has 0 spiro atoms. The van der Waals surface area contributed by atoms with Gasteiger partial charge in [0.1, 0.15) is 0 Å². The van der Waals surface area contributed by atoms with E-state index in [1.807, 2.05) is 0 Å². The van der Waals surface area contributed by atoms with E-state index in [0.717, 1.165) is 0 Å². The normalized spacial score (nSPS) is 11.4. The highest BCUT2D eigenvalue weighted by Gasteiger charge is 2.35. The second kappa shape index (κ2) is 6.64. The molecule has 1 aromatic heterocycles. The van der Waals surface area contributed by atoms with Crippen LogP contribution in [-0.4, -0.2) is 28.5 Å². The summed E-state index contributed by atoms with van der Waals surface area (Å²) >= 11 is 0. The van der Waals surface area contributed by atoms with Crippen molar-refractivity contribution in [2.24, 2.45) is 5.41 Å². The summed E-state index contributed by atoms with van der Waals surface area (Å²) in [5, 5.41) is 12.7. The lowest BCUT2D eigenvalue weighted by molar-refractivity contribution is -0.149. The summed E-state index contributed by atoms with van der Waals surface area (Å²) in [5.41, 5.74) is -0.548. The van der Waals surface area contributed by atoms with Crippen LogP contribution in [0, 0.1) is 5.41 Å². The third kappa shape index (κ3) is 3.26. The van der Waals surface area contributed by atoms with Crippen molar-refractivity contribution in [3.8, 4) is 0 Å². The Bertz CT molecular complexity index is 791. The van der Waals surface area contributed by atoms with Gasteiger partial charge in [-0.25, -0.2) is 0 Å². The first-order chi connectivity index (χ1) is 10.9. The van der Waals surface area contributed by atoms with Crippen LogP contribution in [0.15, 0.2) is 35.1 Å². The van der Waals surface area contributed by atoms with Crippen LogP contribution in [0.4, 0.5) is 0 Å². The van der Waals surface area contributed by atoms with Crippen LogP contribution in [0.5, 0.6) is 0 Å². The van der Waals surface area contributed by atoms with Crippen molar-refractivity contribution >= 4 is 22.8 Å². The summed E-state index contributed by atoms with van der Waals surface area (Å²) in [7, 11) is 0. The molecule has 6 heteroatoms. The third-order valence-corrected chi connectivity index (χ3v) is 4.39. The Morgan fingerprint density at radius 3 is 2.48 bits per heavy atom. The number of aliphatic carboxylic acids is 1. The van der Waals surface area contributed by atoms with Crippen molar-refractivity contribution in [1.82, 2.24) is 10.3 Å². The lowest BCUT2D eigenvalue weighted by Gasteiger charge is -2.26. The molecular weight excluding hydrogens is 296 g/mol. The number of para-hydroxylation sites is 1. The molecule has 0 saturated heterocycles. The molecule has 0 saturated carbocycles. The van der Waals surface area contributed by atoms with E-state index in [0.29, 0.717) is 23.7 Å². The molecule has 0 bridgehead atoms. The van der Waals surface area contributed by atoms with Gasteiger partial charge in [0.25, 0.3) is 5.91 Å². The van der Waals surface area contributed by atoms with Gasteiger partial charge < -0.3 is 15.4 Å². The molecule has 1 heterocycles. The molecule has 23 heavy (non-hydrogen) atoms. The summed E-state index contributed by atoms with van der Waals surface area (Å²) in [6.07, 6.45) is 0.824. The van der Waals surface area contributed by atoms with Crippen LogP contribution in [0.1, 0.15) is 37.0 Å². The number of hydrogen-bond donors (Lipinski definition) is 3. The molecule has 0 radical (unpaired) electrons. The first-order valence-corrected chi connectivity index (χ1v) is 7.57.